The Balaban J connectivity index is 2.04. The fourth-order valence-corrected chi connectivity index (χ4v) is 2.69. The van der Waals surface area contributed by atoms with Gasteiger partial charge in [0.05, 0.1) is 5.02 Å². The number of phenolic OH excluding ortho intramolecular Hbond substituents is 1. The normalized spacial score (nSPS) is 16.0. The smallest absolute Gasteiger partial charge is 0.210 e. The largest absolute Gasteiger partial charge is 0.506 e. The first kappa shape index (κ1) is 13.6. The van der Waals surface area contributed by atoms with Gasteiger partial charge in [-0.1, -0.05) is 41.0 Å². The van der Waals surface area contributed by atoms with Crippen LogP contribution in [-0.4, -0.2) is 21.8 Å². The van der Waals surface area contributed by atoms with E-state index in [0.29, 0.717) is 18.4 Å². The van der Waals surface area contributed by atoms with Crippen LogP contribution in [0.5, 0.6) is 5.75 Å². The number of oxime groups is 1. The third-order valence-corrected chi connectivity index (χ3v) is 3.95. The third kappa shape index (κ3) is 2.38. The fraction of sp³-hybridized carbons (Fsp3) is 0.125. The van der Waals surface area contributed by atoms with Crippen molar-refractivity contribution in [1.29, 1.82) is 0 Å². The molecule has 0 saturated carbocycles. The number of hydrogen-bond acceptors (Lipinski definition) is 4. The molecule has 0 spiro atoms. The molecular weight excluding hydrogens is 290 g/mol. The van der Waals surface area contributed by atoms with E-state index in [9.17, 15) is 9.90 Å². The first-order valence-corrected chi connectivity index (χ1v) is 6.85. The molecule has 0 aliphatic heterocycles. The van der Waals surface area contributed by atoms with Crippen molar-refractivity contribution >= 4 is 23.1 Å². The molecule has 0 amide bonds. The number of halogens is 1. The Hall–Kier alpha value is -2.33. The van der Waals surface area contributed by atoms with Crippen molar-refractivity contribution in [2.75, 3.05) is 0 Å². The minimum atomic E-state index is -0.228. The number of aromatic hydroxyl groups is 1. The molecule has 0 atom stereocenters. The van der Waals surface area contributed by atoms with Gasteiger partial charge in [0.1, 0.15) is 11.5 Å². The average Bonchev–Trinajstić information content (AvgIpc) is 2.50. The Morgan fingerprint density at radius 2 is 1.76 bits per heavy atom. The van der Waals surface area contributed by atoms with Crippen LogP contribution >= 0.6 is 11.6 Å². The van der Waals surface area contributed by atoms with E-state index < -0.39 is 0 Å². The average molecular weight is 302 g/mol. The number of aryl methyl sites for hydroxylation is 1. The number of carbonyl (C=O) groups is 1. The summed E-state index contributed by atoms with van der Waals surface area (Å²) in [7, 11) is 0. The van der Waals surface area contributed by atoms with Gasteiger partial charge in [0.25, 0.3) is 0 Å². The number of nitrogens with zero attached hydrogens (tertiary/aromatic N) is 1. The SMILES string of the molecule is O=C1/C(=N/O)CCc2cc(-c3ccc(O)c(Cl)c3)ccc21. The standard InChI is InChI=1S/C16H12ClNO3/c17-13-8-10(3-6-15(13)19)9-1-4-12-11(7-9)2-5-14(18-21)16(12)20/h1,3-4,6-8,19,21H,2,5H2/b18-14+. The number of ketones is 1. The fourth-order valence-electron chi connectivity index (χ4n) is 2.51. The summed E-state index contributed by atoms with van der Waals surface area (Å²) < 4.78 is 0. The lowest BCUT2D eigenvalue weighted by atomic mass is 9.87. The first-order valence-electron chi connectivity index (χ1n) is 6.47. The maximum Gasteiger partial charge on any atom is 0.210 e. The summed E-state index contributed by atoms with van der Waals surface area (Å²) in [5.74, 6) is -0.189. The van der Waals surface area contributed by atoms with Gasteiger partial charge in [-0.25, -0.2) is 0 Å². The molecule has 2 N–H and O–H groups in total. The Morgan fingerprint density at radius 3 is 2.48 bits per heavy atom. The molecule has 0 aromatic heterocycles. The second-order valence-corrected chi connectivity index (χ2v) is 5.32. The Kier molecular flexibility index (Phi) is 3.39. The highest BCUT2D eigenvalue weighted by atomic mass is 35.5. The molecule has 0 heterocycles. The topological polar surface area (TPSA) is 69.9 Å². The molecule has 0 fully saturated rings. The second-order valence-electron chi connectivity index (χ2n) is 4.91. The highest BCUT2D eigenvalue weighted by Crippen LogP contribution is 2.31. The third-order valence-electron chi connectivity index (χ3n) is 3.64. The number of rotatable bonds is 1. The monoisotopic (exact) mass is 301 g/mol. The highest BCUT2D eigenvalue weighted by Gasteiger charge is 2.24. The van der Waals surface area contributed by atoms with E-state index in [1.165, 1.54) is 0 Å². The predicted octanol–water partition coefficient (Wildman–Crippen LogP) is 3.67. The summed E-state index contributed by atoms with van der Waals surface area (Å²) in [6, 6.07) is 10.5. The Labute approximate surface area is 126 Å². The van der Waals surface area contributed by atoms with Gasteiger partial charge >= 0.3 is 0 Å². The minimum Gasteiger partial charge on any atom is -0.506 e. The van der Waals surface area contributed by atoms with E-state index in [1.54, 1.807) is 24.3 Å². The summed E-state index contributed by atoms with van der Waals surface area (Å²) in [4.78, 5) is 12.0. The van der Waals surface area contributed by atoms with Crippen LogP contribution in [0.1, 0.15) is 22.3 Å². The zero-order valence-electron chi connectivity index (χ0n) is 11.0. The van der Waals surface area contributed by atoms with Gasteiger partial charge in [-0.3, -0.25) is 4.79 Å². The van der Waals surface area contributed by atoms with Crippen molar-refractivity contribution in [1.82, 2.24) is 0 Å². The molecule has 2 aromatic carbocycles. The van der Waals surface area contributed by atoms with Crippen LogP contribution in [0.15, 0.2) is 41.6 Å². The molecule has 4 nitrogen and oxygen atoms in total. The van der Waals surface area contributed by atoms with Crippen LogP contribution in [0, 0.1) is 0 Å². The molecule has 3 rings (SSSR count). The minimum absolute atomic E-state index is 0.0392. The van der Waals surface area contributed by atoms with Crippen molar-refractivity contribution in [3.63, 3.8) is 0 Å². The van der Waals surface area contributed by atoms with Gasteiger partial charge in [-0.15, -0.1) is 0 Å². The van der Waals surface area contributed by atoms with Crippen LogP contribution in [0.2, 0.25) is 5.02 Å². The van der Waals surface area contributed by atoms with Gasteiger partial charge in [-0.05, 0) is 35.2 Å². The van der Waals surface area contributed by atoms with Crippen LogP contribution in [0.4, 0.5) is 0 Å². The molecule has 0 saturated heterocycles. The first-order chi connectivity index (χ1) is 10.1. The van der Waals surface area contributed by atoms with Crippen LogP contribution in [-0.2, 0) is 6.42 Å². The van der Waals surface area contributed by atoms with Crippen molar-refractivity contribution in [2.24, 2.45) is 5.16 Å². The van der Waals surface area contributed by atoms with E-state index in [-0.39, 0.29) is 22.3 Å². The van der Waals surface area contributed by atoms with E-state index in [4.69, 9.17) is 16.8 Å². The number of Topliss-reactive ketones (excluding diaryl/α,β-unsaturated/α-hetero) is 1. The summed E-state index contributed by atoms with van der Waals surface area (Å²) >= 11 is 5.92. The number of fused-ring (bicyclic) bond motifs is 1. The molecule has 0 radical (unpaired) electrons. The van der Waals surface area contributed by atoms with Crippen molar-refractivity contribution < 1.29 is 15.1 Å². The lowest BCUT2D eigenvalue weighted by molar-refractivity contribution is 0.105. The van der Waals surface area contributed by atoms with Crippen LogP contribution in [0.3, 0.4) is 0 Å². The van der Waals surface area contributed by atoms with E-state index >= 15 is 0 Å². The molecule has 0 bridgehead atoms. The lowest BCUT2D eigenvalue weighted by Crippen LogP contribution is -2.22. The van der Waals surface area contributed by atoms with Crippen molar-refractivity contribution in [3.8, 4) is 16.9 Å². The summed E-state index contributed by atoms with van der Waals surface area (Å²) in [5, 5.41) is 21.6. The number of benzene rings is 2. The number of phenols is 1. The van der Waals surface area contributed by atoms with Gasteiger partial charge in [0, 0.05) is 12.0 Å². The van der Waals surface area contributed by atoms with Crippen LogP contribution in [0.25, 0.3) is 11.1 Å². The number of hydrogen-bond donors (Lipinski definition) is 2. The lowest BCUT2D eigenvalue weighted by Gasteiger charge is -2.16. The molecule has 0 unspecified atom stereocenters. The zero-order chi connectivity index (χ0) is 15.0. The summed E-state index contributed by atoms with van der Waals surface area (Å²) in [5.41, 5.74) is 3.49. The highest BCUT2D eigenvalue weighted by molar-refractivity contribution is 6.47. The van der Waals surface area contributed by atoms with Crippen molar-refractivity contribution in [3.05, 3.63) is 52.5 Å². The summed E-state index contributed by atoms with van der Waals surface area (Å²) in [6.07, 6.45) is 1.09. The maximum atomic E-state index is 12.0. The van der Waals surface area contributed by atoms with E-state index in [1.807, 2.05) is 12.1 Å². The van der Waals surface area contributed by atoms with E-state index in [2.05, 4.69) is 5.16 Å². The molecule has 2 aromatic rings. The van der Waals surface area contributed by atoms with Gasteiger partial charge in [0.2, 0.25) is 5.78 Å². The van der Waals surface area contributed by atoms with E-state index in [0.717, 1.165) is 16.7 Å². The quantitative estimate of drug-likeness (QED) is 0.623. The van der Waals surface area contributed by atoms with Crippen LogP contribution < -0.4 is 0 Å². The predicted molar refractivity (Wildman–Crippen MR) is 80.4 cm³/mol. The second kappa shape index (κ2) is 5.22. The molecule has 21 heavy (non-hydrogen) atoms. The molecule has 1 aliphatic carbocycles. The molecular formula is C16H12ClNO3. The van der Waals surface area contributed by atoms with Gasteiger partial charge in [0.15, 0.2) is 0 Å². The van der Waals surface area contributed by atoms with Crippen molar-refractivity contribution in [2.45, 2.75) is 12.8 Å². The maximum absolute atomic E-state index is 12.0. The molecule has 5 heteroatoms. The van der Waals surface area contributed by atoms with Gasteiger partial charge < -0.3 is 10.3 Å². The zero-order valence-corrected chi connectivity index (χ0v) is 11.8. The Morgan fingerprint density at radius 1 is 1.05 bits per heavy atom. The summed E-state index contributed by atoms with van der Waals surface area (Å²) in [6.45, 7) is 0. The number of carbonyl (C=O) groups excluding carboxylic acids is 1. The Bertz CT molecular complexity index is 768. The van der Waals surface area contributed by atoms with Gasteiger partial charge in [-0.2, -0.15) is 0 Å². The molecule has 106 valence electrons. The molecule has 1 aliphatic rings.